The Kier molecular flexibility index (Phi) is 6.33. The number of likely N-dealkylation sites (tertiary alicyclic amines) is 1. The SMILES string of the molecule is COC(=O)c1sc(NC(=O)CN2CCC3(CC2)OCCO3)c(C(=O)OC)c1C. The number of rotatable bonds is 5. The van der Waals surface area contributed by atoms with Gasteiger partial charge in [-0.1, -0.05) is 0 Å². The third kappa shape index (κ3) is 4.19. The van der Waals surface area contributed by atoms with Gasteiger partial charge in [-0.15, -0.1) is 11.3 Å². The smallest absolute Gasteiger partial charge is 0.348 e. The summed E-state index contributed by atoms with van der Waals surface area (Å²) < 4.78 is 20.9. The summed E-state index contributed by atoms with van der Waals surface area (Å²) in [5, 5.41) is 3.02. The van der Waals surface area contributed by atoms with E-state index in [-0.39, 0.29) is 27.9 Å². The zero-order valence-electron chi connectivity index (χ0n) is 16.2. The van der Waals surface area contributed by atoms with Gasteiger partial charge < -0.3 is 24.3 Å². The Balaban J connectivity index is 1.66. The Bertz CT molecular complexity index is 760. The Labute approximate surface area is 166 Å². The molecule has 0 radical (unpaired) electrons. The summed E-state index contributed by atoms with van der Waals surface area (Å²) >= 11 is 1.00. The van der Waals surface area contributed by atoms with Crippen LogP contribution in [0.4, 0.5) is 5.00 Å². The molecule has 3 heterocycles. The predicted molar refractivity (Wildman–Crippen MR) is 101 cm³/mol. The topological polar surface area (TPSA) is 103 Å². The van der Waals surface area contributed by atoms with E-state index in [2.05, 4.69) is 5.32 Å². The Morgan fingerprint density at radius 2 is 1.71 bits per heavy atom. The number of anilines is 1. The van der Waals surface area contributed by atoms with Crippen LogP contribution in [0.5, 0.6) is 0 Å². The van der Waals surface area contributed by atoms with Gasteiger partial charge in [0.2, 0.25) is 5.91 Å². The number of piperidine rings is 1. The highest BCUT2D eigenvalue weighted by Crippen LogP contribution is 2.34. The molecule has 1 spiro atoms. The number of nitrogens with zero attached hydrogens (tertiary/aromatic N) is 1. The highest BCUT2D eigenvalue weighted by atomic mass is 32.1. The molecule has 0 bridgehead atoms. The molecule has 0 aliphatic carbocycles. The van der Waals surface area contributed by atoms with Crippen molar-refractivity contribution in [3.05, 3.63) is 16.0 Å². The first-order valence-electron chi connectivity index (χ1n) is 8.99. The summed E-state index contributed by atoms with van der Waals surface area (Å²) in [4.78, 5) is 38.9. The van der Waals surface area contributed by atoms with Gasteiger partial charge in [0.25, 0.3) is 0 Å². The van der Waals surface area contributed by atoms with Gasteiger partial charge >= 0.3 is 11.9 Å². The van der Waals surface area contributed by atoms with Crippen LogP contribution in [-0.4, -0.2) is 75.6 Å². The highest BCUT2D eigenvalue weighted by molar-refractivity contribution is 7.18. The molecule has 154 valence electrons. The Morgan fingerprint density at radius 1 is 1.11 bits per heavy atom. The van der Waals surface area contributed by atoms with Gasteiger partial charge in [-0.3, -0.25) is 9.69 Å². The van der Waals surface area contributed by atoms with Crippen molar-refractivity contribution in [3.63, 3.8) is 0 Å². The molecule has 1 aromatic rings. The van der Waals surface area contributed by atoms with E-state index in [1.807, 2.05) is 4.90 Å². The van der Waals surface area contributed by atoms with Crippen LogP contribution in [0, 0.1) is 6.92 Å². The van der Waals surface area contributed by atoms with E-state index in [9.17, 15) is 14.4 Å². The monoisotopic (exact) mass is 412 g/mol. The largest absolute Gasteiger partial charge is 0.465 e. The number of esters is 2. The summed E-state index contributed by atoms with van der Waals surface area (Å²) in [5.41, 5.74) is 0.598. The van der Waals surface area contributed by atoms with Crippen molar-refractivity contribution in [1.29, 1.82) is 0 Å². The lowest BCUT2D eigenvalue weighted by atomic mass is 10.0. The van der Waals surface area contributed by atoms with Crippen LogP contribution in [0.1, 0.15) is 38.4 Å². The van der Waals surface area contributed by atoms with Crippen molar-refractivity contribution < 1.29 is 33.3 Å². The fraction of sp³-hybridized carbons (Fsp3) is 0.611. The van der Waals surface area contributed by atoms with Crippen LogP contribution < -0.4 is 5.32 Å². The number of ether oxygens (including phenoxy) is 4. The summed E-state index contributed by atoms with van der Waals surface area (Å²) in [5.74, 6) is -1.95. The predicted octanol–water partition coefficient (Wildman–Crippen LogP) is 1.41. The number of amides is 1. The minimum atomic E-state index is -0.616. The standard InChI is InChI=1S/C18H24N2O7S/c1-11-13(16(22)24-2)15(28-14(11)17(23)25-3)19-12(21)10-20-6-4-18(5-7-20)26-8-9-27-18/h4-10H2,1-3H3,(H,19,21). The first-order valence-corrected chi connectivity index (χ1v) is 9.81. The maximum atomic E-state index is 12.5. The third-order valence-corrected chi connectivity index (χ3v) is 6.15. The zero-order valence-corrected chi connectivity index (χ0v) is 17.0. The number of carbonyl (C=O) groups is 3. The van der Waals surface area contributed by atoms with Gasteiger partial charge in [0.05, 0.1) is 39.5 Å². The Morgan fingerprint density at radius 3 is 2.29 bits per heavy atom. The lowest BCUT2D eigenvalue weighted by Crippen LogP contribution is -2.47. The van der Waals surface area contributed by atoms with E-state index in [1.165, 1.54) is 14.2 Å². The van der Waals surface area contributed by atoms with E-state index in [4.69, 9.17) is 18.9 Å². The van der Waals surface area contributed by atoms with Gasteiger partial charge in [0.1, 0.15) is 9.88 Å². The fourth-order valence-corrected chi connectivity index (χ4v) is 4.57. The molecule has 1 amide bonds. The first kappa shape index (κ1) is 20.7. The molecule has 1 aromatic heterocycles. The molecule has 28 heavy (non-hydrogen) atoms. The van der Waals surface area contributed by atoms with E-state index < -0.39 is 17.7 Å². The van der Waals surface area contributed by atoms with Crippen LogP contribution in [-0.2, 0) is 23.7 Å². The molecule has 2 fully saturated rings. The van der Waals surface area contributed by atoms with Gasteiger partial charge in [0, 0.05) is 25.9 Å². The fourth-order valence-electron chi connectivity index (χ4n) is 3.44. The number of carbonyl (C=O) groups excluding carboxylic acids is 3. The van der Waals surface area contributed by atoms with Crippen molar-refractivity contribution in [1.82, 2.24) is 4.90 Å². The van der Waals surface area contributed by atoms with Gasteiger partial charge in [0.15, 0.2) is 5.79 Å². The van der Waals surface area contributed by atoms with Crippen LogP contribution in [0.15, 0.2) is 0 Å². The highest BCUT2D eigenvalue weighted by Gasteiger charge is 2.40. The van der Waals surface area contributed by atoms with Crippen molar-refractivity contribution in [2.24, 2.45) is 0 Å². The Hall–Kier alpha value is -2.01. The maximum absolute atomic E-state index is 12.5. The summed E-state index contributed by atoms with van der Waals surface area (Å²) in [6.07, 6.45) is 1.41. The molecule has 2 aliphatic rings. The molecule has 0 saturated carbocycles. The van der Waals surface area contributed by atoms with Crippen LogP contribution >= 0.6 is 11.3 Å². The molecule has 0 aromatic carbocycles. The number of methoxy groups -OCH3 is 2. The molecule has 2 aliphatic heterocycles. The lowest BCUT2D eigenvalue weighted by Gasteiger charge is -2.37. The van der Waals surface area contributed by atoms with Crippen molar-refractivity contribution in [2.45, 2.75) is 25.6 Å². The molecular formula is C18H24N2O7S. The second-order valence-corrected chi connectivity index (χ2v) is 7.70. The van der Waals surface area contributed by atoms with Gasteiger partial charge in [-0.25, -0.2) is 9.59 Å². The molecular weight excluding hydrogens is 388 g/mol. The normalized spacial score (nSPS) is 18.8. The van der Waals surface area contributed by atoms with Gasteiger partial charge in [-0.05, 0) is 12.5 Å². The van der Waals surface area contributed by atoms with E-state index >= 15 is 0 Å². The van der Waals surface area contributed by atoms with Gasteiger partial charge in [-0.2, -0.15) is 0 Å². The number of hydrogen-bond acceptors (Lipinski definition) is 9. The van der Waals surface area contributed by atoms with Crippen molar-refractivity contribution in [3.8, 4) is 0 Å². The lowest BCUT2D eigenvalue weighted by molar-refractivity contribution is -0.185. The summed E-state index contributed by atoms with van der Waals surface area (Å²) in [6, 6.07) is 0. The van der Waals surface area contributed by atoms with E-state index in [0.717, 1.165) is 11.3 Å². The van der Waals surface area contributed by atoms with Crippen LogP contribution in [0.3, 0.4) is 0 Å². The molecule has 10 heteroatoms. The molecule has 0 unspecified atom stereocenters. The second-order valence-electron chi connectivity index (χ2n) is 6.68. The molecule has 0 atom stereocenters. The second kappa shape index (κ2) is 8.56. The van der Waals surface area contributed by atoms with E-state index in [1.54, 1.807) is 6.92 Å². The molecule has 1 N–H and O–H groups in total. The number of hydrogen-bond donors (Lipinski definition) is 1. The third-order valence-electron chi connectivity index (χ3n) is 4.96. The molecule has 3 rings (SSSR count). The van der Waals surface area contributed by atoms with Crippen LogP contribution in [0.25, 0.3) is 0 Å². The quantitative estimate of drug-likeness (QED) is 0.724. The average molecular weight is 412 g/mol. The maximum Gasteiger partial charge on any atom is 0.348 e. The van der Waals surface area contributed by atoms with Crippen molar-refractivity contribution >= 4 is 34.2 Å². The average Bonchev–Trinajstić information content (AvgIpc) is 3.27. The number of thiophene rings is 1. The zero-order chi connectivity index (χ0) is 20.3. The molecule has 2 saturated heterocycles. The molecule has 9 nitrogen and oxygen atoms in total. The summed E-state index contributed by atoms with van der Waals surface area (Å²) in [6.45, 7) is 4.36. The van der Waals surface area contributed by atoms with E-state index in [0.29, 0.717) is 44.7 Å². The minimum Gasteiger partial charge on any atom is -0.465 e. The number of nitrogens with one attached hydrogen (secondary N) is 1. The minimum absolute atomic E-state index is 0.168. The van der Waals surface area contributed by atoms with Crippen LogP contribution in [0.2, 0.25) is 0 Å². The first-order chi connectivity index (χ1) is 13.4. The summed E-state index contributed by atoms with van der Waals surface area (Å²) in [7, 11) is 2.51. The van der Waals surface area contributed by atoms with Crippen molar-refractivity contribution in [2.75, 3.05) is 52.4 Å².